The van der Waals surface area contributed by atoms with E-state index < -0.39 is 11.7 Å². The molecule has 3 amide bonds. The summed E-state index contributed by atoms with van der Waals surface area (Å²) in [4.78, 5) is 48.6. The number of aromatic nitrogens is 2. The lowest BCUT2D eigenvalue weighted by atomic mass is 10.2. The maximum Gasteiger partial charge on any atom is 0.410 e. The van der Waals surface area contributed by atoms with Crippen LogP contribution in [0.2, 0.25) is 0 Å². The highest BCUT2D eigenvalue weighted by Gasteiger charge is 2.22. The minimum Gasteiger partial charge on any atom is -0.476 e. The van der Waals surface area contributed by atoms with Gasteiger partial charge in [-0.1, -0.05) is 28.1 Å². The van der Waals surface area contributed by atoms with Crippen molar-refractivity contribution in [3.63, 3.8) is 0 Å². The molecule has 2 saturated heterocycles. The standard InChI is InChI=1S/C19H26IN3O4.C7H10BrNO.C7H9IN2O.ClH/c1-19(2,3)27-18(25)23(9-4-6-17(24)22-10-5-11-22)12-13-26-16-8-7-15(20)14-21-16;8-4-1-3-7(10)9-5-2-6-9;8-6-1-2-7(10-5-6)11-4-3-9;/h4,6-8,14H,5,9-13H2,1-3H3;1,3H,2,4-6H2;1-2,5H,3-4,9H2;1H/b6-4+;3-1+;;. The Morgan fingerprint density at radius 2 is 1.37 bits per heavy atom. The Labute approximate surface area is 331 Å². The van der Waals surface area contributed by atoms with Gasteiger partial charge in [0.1, 0.15) is 18.8 Å². The van der Waals surface area contributed by atoms with Crippen LogP contribution in [0.15, 0.2) is 61.0 Å². The van der Waals surface area contributed by atoms with Gasteiger partial charge in [0.25, 0.3) is 0 Å². The van der Waals surface area contributed by atoms with Crippen LogP contribution in [-0.4, -0.2) is 113 Å². The van der Waals surface area contributed by atoms with Crippen molar-refractivity contribution in [3.05, 3.63) is 68.1 Å². The average molecular weight is 992 g/mol. The third kappa shape index (κ3) is 19.7. The molecule has 49 heavy (non-hydrogen) atoms. The van der Waals surface area contributed by atoms with E-state index in [0.29, 0.717) is 31.5 Å². The predicted molar refractivity (Wildman–Crippen MR) is 213 cm³/mol. The second-order valence-electron chi connectivity index (χ2n) is 11.4. The highest BCUT2D eigenvalue weighted by Crippen LogP contribution is 2.13. The smallest absolute Gasteiger partial charge is 0.410 e. The van der Waals surface area contributed by atoms with Gasteiger partial charge in [-0.3, -0.25) is 9.59 Å². The zero-order valence-corrected chi connectivity index (χ0v) is 34.8. The summed E-state index contributed by atoms with van der Waals surface area (Å²) in [5.41, 5.74) is 4.66. The van der Waals surface area contributed by atoms with Crippen molar-refractivity contribution in [3.8, 4) is 11.8 Å². The van der Waals surface area contributed by atoms with Crippen molar-refractivity contribution in [1.29, 1.82) is 0 Å². The Balaban J connectivity index is 0.000000446. The molecule has 2 aromatic rings. The van der Waals surface area contributed by atoms with Gasteiger partial charge in [0, 0.05) is 82.3 Å². The molecular formula is C33H46BrClI2N6O6. The van der Waals surface area contributed by atoms with Crippen LogP contribution >= 0.6 is 73.5 Å². The molecule has 0 atom stereocenters. The number of alkyl halides is 1. The lowest BCUT2D eigenvalue weighted by molar-refractivity contribution is -0.130. The molecule has 272 valence electrons. The van der Waals surface area contributed by atoms with Crippen molar-refractivity contribution in [1.82, 2.24) is 24.7 Å². The number of carbonyl (C=O) groups is 3. The summed E-state index contributed by atoms with van der Waals surface area (Å²) < 4.78 is 18.3. The maximum absolute atomic E-state index is 12.4. The van der Waals surface area contributed by atoms with E-state index in [0.717, 1.165) is 51.5 Å². The molecule has 4 heterocycles. The van der Waals surface area contributed by atoms with Gasteiger partial charge in [-0.25, -0.2) is 14.8 Å². The molecule has 2 fully saturated rings. The topological polar surface area (TPSA) is 140 Å². The van der Waals surface area contributed by atoms with Gasteiger partial charge in [-0.2, -0.15) is 0 Å². The van der Waals surface area contributed by atoms with Crippen LogP contribution < -0.4 is 15.2 Å². The number of ether oxygens (including phenoxy) is 3. The average Bonchev–Trinajstić information content (AvgIpc) is 2.98. The number of hydrogen-bond donors (Lipinski definition) is 1. The first kappa shape index (κ1) is 44.8. The van der Waals surface area contributed by atoms with Gasteiger partial charge in [-0.15, -0.1) is 12.4 Å². The van der Waals surface area contributed by atoms with Crippen molar-refractivity contribution in [2.75, 3.05) is 64.4 Å². The summed E-state index contributed by atoms with van der Waals surface area (Å²) in [5.74, 6) is 1.26. The number of halogens is 4. The molecule has 2 aliphatic rings. The maximum atomic E-state index is 12.4. The highest BCUT2D eigenvalue weighted by molar-refractivity contribution is 14.1. The molecular weight excluding hydrogens is 946 g/mol. The summed E-state index contributed by atoms with van der Waals surface area (Å²) in [6, 6.07) is 7.46. The zero-order valence-electron chi connectivity index (χ0n) is 28.1. The Kier molecular flexibility index (Phi) is 22.7. The second-order valence-corrected chi connectivity index (χ2v) is 14.5. The van der Waals surface area contributed by atoms with E-state index in [1.54, 1.807) is 35.5 Å². The second kappa shape index (κ2) is 24.8. The fourth-order valence-electron chi connectivity index (χ4n) is 3.61. The fourth-order valence-corrected chi connectivity index (χ4v) is 4.44. The molecule has 12 nitrogen and oxygen atoms in total. The van der Waals surface area contributed by atoms with Gasteiger partial charge in [0.2, 0.25) is 23.6 Å². The number of rotatable bonds is 12. The number of likely N-dealkylation sites (tertiary alicyclic amines) is 2. The van der Waals surface area contributed by atoms with Crippen LogP contribution in [-0.2, 0) is 14.3 Å². The van der Waals surface area contributed by atoms with Crippen molar-refractivity contribution in [2.24, 2.45) is 5.73 Å². The van der Waals surface area contributed by atoms with Crippen LogP contribution in [0.1, 0.15) is 33.6 Å². The van der Waals surface area contributed by atoms with Gasteiger partial charge in [0.15, 0.2) is 0 Å². The minimum absolute atomic E-state index is 0. The van der Waals surface area contributed by atoms with Gasteiger partial charge < -0.3 is 34.6 Å². The van der Waals surface area contributed by atoms with E-state index in [4.69, 9.17) is 19.9 Å². The van der Waals surface area contributed by atoms with Gasteiger partial charge in [-0.05, 0) is 97.0 Å². The van der Waals surface area contributed by atoms with E-state index in [1.807, 2.05) is 49.9 Å². The Morgan fingerprint density at radius 1 is 0.878 bits per heavy atom. The van der Waals surface area contributed by atoms with Crippen LogP contribution in [0, 0.1) is 7.14 Å². The van der Waals surface area contributed by atoms with Crippen LogP contribution in [0.3, 0.4) is 0 Å². The van der Waals surface area contributed by atoms with Crippen LogP contribution in [0.25, 0.3) is 0 Å². The largest absolute Gasteiger partial charge is 0.476 e. The number of hydrogen-bond acceptors (Lipinski definition) is 9. The molecule has 0 unspecified atom stereocenters. The fraction of sp³-hybridized carbons (Fsp3) is 0.485. The van der Waals surface area contributed by atoms with Crippen molar-refractivity contribution < 1.29 is 28.6 Å². The lowest BCUT2D eigenvalue weighted by Gasteiger charge is -2.30. The summed E-state index contributed by atoms with van der Waals surface area (Å²) in [6.07, 6.45) is 11.9. The van der Waals surface area contributed by atoms with E-state index in [2.05, 4.69) is 71.1 Å². The first-order valence-corrected chi connectivity index (χ1v) is 18.8. The molecule has 0 radical (unpaired) electrons. The first-order valence-electron chi connectivity index (χ1n) is 15.6. The summed E-state index contributed by atoms with van der Waals surface area (Å²) >= 11 is 7.57. The Morgan fingerprint density at radius 3 is 1.76 bits per heavy atom. The summed E-state index contributed by atoms with van der Waals surface area (Å²) in [7, 11) is 0. The van der Waals surface area contributed by atoms with Crippen molar-refractivity contribution in [2.45, 2.75) is 39.2 Å². The number of carbonyl (C=O) groups excluding carboxylic acids is 3. The zero-order chi connectivity index (χ0) is 35.4. The Bertz CT molecular complexity index is 1320. The van der Waals surface area contributed by atoms with Crippen molar-refractivity contribution >= 4 is 91.4 Å². The number of amides is 3. The predicted octanol–water partition coefficient (Wildman–Crippen LogP) is 5.71. The first-order chi connectivity index (χ1) is 22.9. The van der Waals surface area contributed by atoms with Gasteiger partial charge in [0.05, 0.1) is 6.54 Å². The molecule has 0 aliphatic carbocycles. The molecule has 16 heteroatoms. The molecule has 0 saturated carbocycles. The Hall–Kier alpha value is -2.22. The van der Waals surface area contributed by atoms with E-state index >= 15 is 0 Å². The van der Waals surface area contributed by atoms with E-state index in [1.165, 1.54) is 11.0 Å². The number of nitrogens with two attached hydrogens (primary N) is 1. The number of pyridine rings is 2. The van der Waals surface area contributed by atoms with Gasteiger partial charge >= 0.3 is 6.09 Å². The third-order valence-corrected chi connectivity index (χ3v) is 7.95. The highest BCUT2D eigenvalue weighted by atomic mass is 127. The number of nitrogens with zero attached hydrogens (tertiary/aromatic N) is 5. The normalized spacial score (nSPS) is 13.4. The van der Waals surface area contributed by atoms with Crippen LogP contribution in [0.4, 0.5) is 4.79 Å². The van der Waals surface area contributed by atoms with Crippen LogP contribution in [0.5, 0.6) is 11.8 Å². The monoisotopic (exact) mass is 990 g/mol. The summed E-state index contributed by atoms with van der Waals surface area (Å²) in [6.45, 7) is 10.8. The number of allylic oxidation sites excluding steroid dienone is 1. The molecule has 0 spiro atoms. The van der Waals surface area contributed by atoms with E-state index in [9.17, 15) is 14.4 Å². The van der Waals surface area contributed by atoms with E-state index in [-0.39, 0.29) is 37.4 Å². The minimum atomic E-state index is -0.592. The lowest BCUT2D eigenvalue weighted by Crippen LogP contribution is -2.41. The third-order valence-electron chi connectivity index (χ3n) is 6.30. The molecule has 2 N–H and O–H groups in total. The quantitative estimate of drug-likeness (QED) is 0.161. The molecule has 0 aromatic carbocycles. The molecule has 2 aromatic heterocycles. The molecule has 0 bridgehead atoms. The summed E-state index contributed by atoms with van der Waals surface area (Å²) in [5, 5.41) is 0.757. The SMILES string of the molecule is CC(C)(C)OC(=O)N(C/C=C/C(=O)N1CCC1)CCOc1ccc(I)cn1.Cl.NCCOc1ccc(I)cn1.O=C(/C=C/CBr)N1CCC1. The molecule has 4 rings (SSSR count). The molecule has 2 aliphatic heterocycles.